The molecule has 2 heterocycles. The van der Waals surface area contributed by atoms with Crippen molar-refractivity contribution in [1.82, 2.24) is 14.9 Å². The van der Waals surface area contributed by atoms with Gasteiger partial charge in [-0.15, -0.1) is 11.3 Å². The van der Waals surface area contributed by atoms with E-state index in [9.17, 15) is 0 Å². The van der Waals surface area contributed by atoms with Crippen LogP contribution in [0.2, 0.25) is 0 Å². The number of rotatable bonds is 4. The highest BCUT2D eigenvalue weighted by molar-refractivity contribution is 7.07. The second-order valence-corrected chi connectivity index (χ2v) is 5.30. The van der Waals surface area contributed by atoms with E-state index in [1.807, 2.05) is 25.6 Å². The standard InChI is InChI=1S/C13H18N4S/c1-9-4-15-12(10(2)13(9)14)6-17(3)5-11-7-18-8-16-11/h4,7-8H,5-6H2,1-3H3,(H2,14,15). The van der Waals surface area contributed by atoms with Crippen LogP contribution in [0, 0.1) is 13.8 Å². The first-order valence-corrected chi connectivity index (χ1v) is 6.78. The molecular formula is C13H18N4S. The molecule has 0 saturated heterocycles. The molecule has 96 valence electrons. The number of nitrogens with zero attached hydrogens (tertiary/aromatic N) is 3. The molecule has 0 aliphatic rings. The first-order valence-electron chi connectivity index (χ1n) is 5.84. The third-order valence-electron chi connectivity index (χ3n) is 3.01. The molecule has 2 aromatic rings. The topological polar surface area (TPSA) is 55.0 Å². The molecule has 5 heteroatoms. The Balaban J connectivity index is 2.07. The van der Waals surface area contributed by atoms with E-state index in [1.165, 1.54) is 0 Å². The maximum atomic E-state index is 6.03. The van der Waals surface area contributed by atoms with Crippen molar-refractivity contribution in [2.45, 2.75) is 26.9 Å². The van der Waals surface area contributed by atoms with Crippen LogP contribution in [-0.2, 0) is 13.1 Å². The molecule has 0 spiro atoms. The number of hydrogen-bond donors (Lipinski definition) is 1. The Bertz CT molecular complexity index is 522. The van der Waals surface area contributed by atoms with Crippen molar-refractivity contribution >= 4 is 17.0 Å². The molecule has 0 bridgehead atoms. The lowest BCUT2D eigenvalue weighted by molar-refractivity contribution is 0.311. The first-order chi connectivity index (χ1) is 8.58. The summed E-state index contributed by atoms with van der Waals surface area (Å²) >= 11 is 1.62. The molecule has 18 heavy (non-hydrogen) atoms. The van der Waals surface area contributed by atoms with Gasteiger partial charge in [-0.2, -0.15) is 0 Å². The van der Waals surface area contributed by atoms with Crippen LogP contribution in [0.4, 0.5) is 5.69 Å². The van der Waals surface area contributed by atoms with E-state index >= 15 is 0 Å². The molecule has 0 aromatic carbocycles. The zero-order valence-corrected chi connectivity index (χ0v) is 11.8. The molecular weight excluding hydrogens is 244 g/mol. The highest BCUT2D eigenvalue weighted by Gasteiger charge is 2.09. The molecule has 0 aliphatic carbocycles. The second kappa shape index (κ2) is 5.46. The van der Waals surface area contributed by atoms with Gasteiger partial charge in [-0.1, -0.05) is 0 Å². The predicted molar refractivity (Wildman–Crippen MR) is 75.4 cm³/mol. The van der Waals surface area contributed by atoms with Gasteiger partial charge in [-0.3, -0.25) is 9.88 Å². The predicted octanol–water partition coefficient (Wildman–Crippen LogP) is 2.37. The van der Waals surface area contributed by atoms with Gasteiger partial charge in [0.05, 0.1) is 16.9 Å². The number of thiazole rings is 1. The van der Waals surface area contributed by atoms with Gasteiger partial charge < -0.3 is 5.73 Å². The molecule has 0 aliphatic heterocycles. The average Bonchev–Trinajstić information content (AvgIpc) is 2.83. The van der Waals surface area contributed by atoms with Gasteiger partial charge in [0.2, 0.25) is 0 Å². The molecule has 0 amide bonds. The number of aromatic nitrogens is 2. The molecule has 0 saturated carbocycles. The van der Waals surface area contributed by atoms with Crippen LogP contribution in [0.15, 0.2) is 17.1 Å². The molecule has 2 N–H and O–H groups in total. The van der Waals surface area contributed by atoms with Crippen molar-refractivity contribution in [2.75, 3.05) is 12.8 Å². The van der Waals surface area contributed by atoms with Crippen LogP contribution in [0.5, 0.6) is 0 Å². The molecule has 4 nitrogen and oxygen atoms in total. The minimum Gasteiger partial charge on any atom is -0.398 e. The third-order valence-corrected chi connectivity index (χ3v) is 3.65. The smallest absolute Gasteiger partial charge is 0.0795 e. The number of nitrogens with two attached hydrogens (primary N) is 1. The van der Waals surface area contributed by atoms with E-state index in [1.54, 1.807) is 11.3 Å². The number of anilines is 1. The van der Waals surface area contributed by atoms with Crippen molar-refractivity contribution in [2.24, 2.45) is 0 Å². The third kappa shape index (κ3) is 2.86. The van der Waals surface area contributed by atoms with E-state index in [-0.39, 0.29) is 0 Å². The molecule has 0 radical (unpaired) electrons. The number of pyridine rings is 1. The summed E-state index contributed by atoms with van der Waals surface area (Å²) in [5.74, 6) is 0. The normalized spacial score (nSPS) is 11.1. The quantitative estimate of drug-likeness (QED) is 0.919. The Morgan fingerprint density at radius 1 is 1.28 bits per heavy atom. The maximum Gasteiger partial charge on any atom is 0.0795 e. The summed E-state index contributed by atoms with van der Waals surface area (Å²) in [6, 6.07) is 0. The highest BCUT2D eigenvalue weighted by atomic mass is 32.1. The van der Waals surface area contributed by atoms with E-state index < -0.39 is 0 Å². The lowest BCUT2D eigenvalue weighted by Gasteiger charge is -2.17. The van der Waals surface area contributed by atoms with Gasteiger partial charge >= 0.3 is 0 Å². The van der Waals surface area contributed by atoms with Gasteiger partial charge in [0.25, 0.3) is 0 Å². The summed E-state index contributed by atoms with van der Waals surface area (Å²) in [6.07, 6.45) is 1.84. The van der Waals surface area contributed by atoms with E-state index in [2.05, 4.69) is 27.3 Å². The monoisotopic (exact) mass is 262 g/mol. The Morgan fingerprint density at radius 2 is 2.06 bits per heavy atom. The Hall–Kier alpha value is -1.46. The fourth-order valence-corrected chi connectivity index (χ4v) is 2.41. The van der Waals surface area contributed by atoms with E-state index in [0.29, 0.717) is 0 Å². The molecule has 0 unspecified atom stereocenters. The van der Waals surface area contributed by atoms with E-state index in [0.717, 1.165) is 41.3 Å². The second-order valence-electron chi connectivity index (χ2n) is 4.58. The molecule has 0 fully saturated rings. The van der Waals surface area contributed by atoms with Gasteiger partial charge in [0.1, 0.15) is 0 Å². The zero-order valence-electron chi connectivity index (χ0n) is 11.0. The highest BCUT2D eigenvalue weighted by Crippen LogP contribution is 2.19. The summed E-state index contributed by atoms with van der Waals surface area (Å²) in [6.45, 7) is 5.63. The summed E-state index contributed by atoms with van der Waals surface area (Å²) in [5.41, 5.74) is 13.0. The van der Waals surface area contributed by atoms with Crippen molar-refractivity contribution in [1.29, 1.82) is 0 Å². The SMILES string of the molecule is Cc1cnc(CN(C)Cc2cscn2)c(C)c1N. The van der Waals surface area contributed by atoms with Crippen molar-refractivity contribution < 1.29 is 0 Å². The van der Waals surface area contributed by atoms with Gasteiger partial charge in [0.15, 0.2) is 0 Å². The molecule has 2 aromatic heterocycles. The van der Waals surface area contributed by atoms with Crippen LogP contribution in [0.25, 0.3) is 0 Å². The lowest BCUT2D eigenvalue weighted by Crippen LogP contribution is -2.19. The summed E-state index contributed by atoms with van der Waals surface area (Å²) in [5, 5.41) is 2.07. The zero-order chi connectivity index (χ0) is 13.1. The Morgan fingerprint density at radius 3 is 2.72 bits per heavy atom. The van der Waals surface area contributed by atoms with Crippen molar-refractivity contribution in [3.05, 3.63) is 39.6 Å². The van der Waals surface area contributed by atoms with Crippen LogP contribution < -0.4 is 5.73 Å². The number of aryl methyl sites for hydroxylation is 1. The largest absolute Gasteiger partial charge is 0.398 e. The maximum absolute atomic E-state index is 6.03. The first kappa shape index (κ1) is 13.0. The summed E-state index contributed by atoms with van der Waals surface area (Å²) < 4.78 is 0. The number of nitrogen functional groups attached to an aromatic ring is 1. The van der Waals surface area contributed by atoms with Crippen LogP contribution in [0.1, 0.15) is 22.5 Å². The fourth-order valence-electron chi connectivity index (χ4n) is 1.86. The Labute approximate surface area is 111 Å². The summed E-state index contributed by atoms with van der Waals surface area (Å²) in [7, 11) is 2.07. The minimum atomic E-state index is 0.786. The van der Waals surface area contributed by atoms with Crippen LogP contribution in [-0.4, -0.2) is 21.9 Å². The van der Waals surface area contributed by atoms with Gasteiger partial charge in [-0.25, -0.2) is 4.98 Å². The van der Waals surface area contributed by atoms with E-state index in [4.69, 9.17) is 5.73 Å². The minimum absolute atomic E-state index is 0.786. The fraction of sp³-hybridized carbons (Fsp3) is 0.385. The van der Waals surface area contributed by atoms with Crippen LogP contribution >= 0.6 is 11.3 Å². The van der Waals surface area contributed by atoms with Crippen molar-refractivity contribution in [3.63, 3.8) is 0 Å². The summed E-state index contributed by atoms with van der Waals surface area (Å²) in [4.78, 5) is 10.9. The lowest BCUT2D eigenvalue weighted by atomic mass is 10.1. The Kier molecular flexibility index (Phi) is 3.93. The van der Waals surface area contributed by atoms with Crippen LogP contribution in [0.3, 0.4) is 0 Å². The molecule has 2 rings (SSSR count). The number of hydrogen-bond acceptors (Lipinski definition) is 5. The van der Waals surface area contributed by atoms with Crippen molar-refractivity contribution in [3.8, 4) is 0 Å². The molecule has 0 atom stereocenters. The van der Waals surface area contributed by atoms with Gasteiger partial charge in [-0.05, 0) is 32.0 Å². The average molecular weight is 262 g/mol. The van der Waals surface area contributed by atoms with Gasteiger partial charge in [0, 0.05) is 30.4 Å².